The highest BCUT2D eigenvalue weighted by Crippen LogP contribution is 2.36. The lowest BCUT2D eigenvalue weighted by Crippen LogP contribution is -2.62. The van der Waals surface area contributed by atoms with E-state index in [0.717, 1.165) is 23.9 Å². The molecule has 4 rings (SSSR count). The molecule has 4 fully saturated rings. The predicted molar refractivity (Wildman–Crippen MR) is 133 cm³/mol. The third-order valence-electron chi connectivity index (χ3n) is 9.30. The zero-order chi connectivity index (χ0) is 22.2. The Kier molecular flexibility index (Phi) is 7.43. The maximum absolute atomic E-state index is 2.84. The molecule has 0 N–H and O–H groups in total. The highest BCUT2D eigenvalue weighted by molar-refractivity contribution is 4.94. The molecule has 0 aromatic rings. The van der Waals surface area contributed by atoms with Gasteiger partial charge in [-0.25, -0.2) is 0 Å². The second-order valence-corrected chi connectivity index (χ2v) is 13.4. The summed E-state index contributed by atoms with van der Waals surface area (Å²) in [5.41, 5.74) is 0.844. The van der Waals surface area contributed by atoms with E-state index in [2.05, 4.69) is 61.1 Å². The van der Waals surface area contributed by atoms with Crippen LogP contribution in [0.3, 0.4) is 0 Å². The molecule has 0 atom stereocenters. The van der Waals surface area contributed by atoms with Crippen molar-refractivity contribution in [2.45, 2.75) is 97.7 Å². The molecule has 31 heavy (non-hydrogen) atoms. The smallest absolute Gasteiger partial charge is 0.0350 e. The normalized spacial score (nSPS) is 28.8. The molecule has 0 amide bonds. The summed E-state index contributed by atoms with van der Waals surface area (Å²) in [6.45, 7) is 26.4. The van der Waals surface area contributed by atoms with Crippen LogP contribution in [-0.2, 0) is 0 Å². The molecule has 0 aliphatic carbocycles. The van der Waals surface area contributed by atoms with Crippen molar-refractivity contribution >= 4 is 0 Å². The number of piperidine rings is 3. The molecule has 0 unspecified atom stereocenters. The van der Waals surface area contributed by atoms with Gasteiger partial charge in [-0.2, -0.15) is 0 Å². The molecular formula is C27H52N4. The first kappa shape index (κ1) is 24.0. The Morgan fingerprint density at radius 2 is 1.13 bits per heavy atom. The van der Waals surface area contributed by atoms with Crippen molar-refractivity contribution in [3.63, 3.8) is 0 Å². The zero-order valence-corrected chi connectivity index (χ0v) is 21.7. The van der Waals surface area contributed by atoms with Crippen LogP contribution in [0.1, 0.15) is 80.1 Å². The molecule has 0 saturated carbocycles. The average molecular weight is 433 g/mol. The Morgan fingerprint density at radius 1 is 0.613 bits per heavy atom. The highest BCUT2D eigenvalue weighted by atomic mass is 15.3. The van der Waals surface area contributed by atoms with E-state index in [4.69, 9.17) is 0 Å². The molecule has 0 radical (unpaired) electrons. The van der Waals surface area contributed by atoms with E-state index < -0.39 is 0 Å². The predicted octanol–water partition coefficient (Wildman–Crippen LogP) is 4.40. The molecule has 4 heteroatoms. The first-order valence-electron chi connectivity index (χ1n) is 13.5. The molecule has 0 aromatic carbocycles. The van der Waals surface area contributed by atoms with E-state index in [-0.39, 0.29) is 0 Å². The summed E-state index contributed by atoms with van der Waals surface area (Å²) in [5.74, 6) is 1.85. The topological polar surface area (TPSA) is 13.0 Å². The van der Waals surface area contributed by atoms with Gasteiger partial charge in [0.15, 0.2) is 0 Å². The molecular weight excluding hydrogens is 380 g/mol. The van der Waals surface area contributed by atoms with Crippen LogP contribution in [0.15, 0.2) is 0 Å². The second kappa shape index (κ2) is 9.60. The maximum atomic E-state index is 2.84. The summed E-state index contributed by atoms with van der Waals surface area (Å²) >= 11 is 0. The highest BCUT2D eigenvalue weighted by Gasteiger charge is 2.38. The van der Waals surface area contributed by atoms with Crippen molar-refractivity contribution in [2.24, 2.45) is 17.3 Å². The van der Waals surface area contributed by atoms with Crippen LogP contribution in [0.25, 0.3) is 0 Å². The number of rotatable bonds is 4. The number of likely N-dealkylation sites (tertiary alicyclic amines) is 4. The van der Waals surface area contributed by atoms with Crippen molar-refractivity contribution in [1.82, 2.24) is 19.6 Å². The van der Waals surface area contributed by atoms with Crippen molar-refractivity contribution < 1.29 is 0 Å². The molecule has 4 saturated heterocycles. The van der Waals surface area contributed by atoms with Gasteiger partial charge >= 0.3 is 0 Å². The van der Waals surface area contributed by atoms with Gasteiger partial charge in [0, 0.05) is 50.3 Å². The van der Waals surface area contributed by atoms with Gasteiger partial charge in [-0.3, -0.25) is 14.7 Å². The van der Waals surface area contributed by atoms with Gasteiger partial charge in [-0.1, -0.05) is 20.8 Å². The van der Waals surface area contributed by atoms with Gasteiger partial charge in [0.25, 0.3) is 0 Å². The third kappa shape index (κ3) is 6.05. The fraction of sp³-hybridized carbons (Fsp3) is 1.00. The molecule has 4 nitrogen and oxygen atoms in total. The van der Waals surface area contributed by atoms with E-state index in [0.29, 0.717) is 11.0 Å². The summed E-state index contributed by atoms with van der Waals surface area (Å²) in [5, 5.41) is 0. The van der Waals surface area contributed by atoms with Crippen LogP contribution in [0.4, 0.5) is 0 Å². The van der Waals surface area contributed by atoms with E-state index >= 15 is 0 Å². The molecule has 4 aliphatic rings. The van der Waals surface area contributed by atoms with Gasteiger partial charge in [-0.05, 0) is 103 Å². The molecule has 0 aromatic heterocycles. The van der Waals surface area contributed by atoms with E-state index in [9.17, 15) is 0 Å². The molecule has 4 heterocycles. The summed E-state index contributed by atoms with van der Waals surface area (Å²) < 4.78 is 0. The Morgan fingerprint density at radius 3 is 1.65 bits per heavy atom. The lowest BCUT2D eigenvalue weighted by atomic mass is 9.75. The lowest BCUT2D eigenvalue weighted by Gasteiger charge is -2.51. The van der Waals surface area contributed by atoms with Gasteiger partial charge < -0.3 is 4.90 Å². The molecule has 0 spiro atoms. The largest absolute Gasteiger partial charge is 0.300 e. The van der Waals surface area contributed by atoms with Crippen LogP contribution in [0.2, 0.25) is 0 Å². The third-order valence-corrected chi connectivity index (χ3v) is 9.30. The lowest BCUT2D eigenvalue weighted by molar-refractivity contribution is -0.0154. The minimum atomic E-state index is 0.349. The van der Waals surface area contributed by atoms with Crippen molar-refractivity contribution in [2.75, 3.05) is 58.9 Å². The quantitative estimate of drug-likeness (QED) is 0.652. The van der Waals surface area contributed by atoms with Gasteiger partial charge in [0.1, 0.15) is 0 Å². The summed E-state index contributed by atoms with van der Waals surface area (Å²) in [7, 11) is 0. The second-order valence-electron chi connectivity index (χ2n) is 13.4. The SMILES string of the molecule is CC(C)(C)C1CCN(C2CCN(C3CN(CC4CCN(C(C)(C)C)CC4)C3)CC2)CC1. The fourth-order valence-electron chi connectivity index (χ4n) is 6.82. The summed E-state index contributed by atoms with van der Waals surface area (Å²) in [6.07, 6.45) is 8.43. The van der Waals surface area contributed by atoms with Crippen LogP contribution in [-0.4, -0.2) is 96.1 Å². The Labute approximate surface area is 193 Å². The first-order valence-corrected chi connectivity index (χ1v) is 13.5. The first-order chi connectivity index (χ1) is 14.6. The van der Waals surface area contributed by atoms with Gasteiger partial charge in [0.05, 0.1) is 0 Å². The zero-order valence-electron chi connectivity index (χ0n) is 21.7. The van der Waals surface area contributed by atoms with Crippen LogP contribution in [0, 0.1) is 17.3 Å². The monoisotopic (exact) mass is 432 g/mol. The van der Waals surface area contributed by atoms with Crippen molar-refractivity contribution in [3.8, 4) is 0 Å². The Bertz CT molecular complexity index is 547. The van der Waals surface area contributed by atoms with Crippen LogP contribution in [0.5, 0.6) is 0 Å². The van der Waals surface area contributed by atoms with E-state index in [1.54, 1.807) is 0 Å². The molecule has 0 bridgehead atoms. The van der Waals surface area contributed by atoms with Crippen LogP contribution >= 0.6 is 0 Å². The Hall–Kier alpha value is -0.160. The minimum Gasteiger partial charge on any atom is -0.300 e. The van der Waals surface area contributed by atoms with E-state index in [1.807, 2.05) is 0 Å². The van der Waals surface area contributed by atoms with Crippen LogP contribution < -0.4 is 0 Å². The molecule has 180 valence electrons. The minimum absolute atomic E-state index is 0.349. The van der Waals surface area contributed by atoms with E-state index in [1.165, 1.54) is 97.4 Å². The van der Waals surface area contributed by atoms with Gasteiger partial charge in [0.2, 0.25) is 0 Å². The average Bonchev–Trinajstić information content (AvgIpc) is 2.70. The Balaban J connectivity index is 1.11. The fourth-order valence-corrected chi connectivity index (χ4v) is 6.82. The van der Waals surface area contributed by atoms with Crippen molar-refractivity contribution in [3.05, 3.63) is 0 Å². The number of nitrogens with zero attached hydrogens (tertiary/aromatic N) is 4. The maximum Gasteiger partial charge on any atom is 0.0350 e. The molecule has 4 aliphatic heterocycles. The number of hydrogen-bond acceptors (Lipinski definition) is 4. The number of hydrogen-bond donors (Lipinski definition) is 0. The standard InChI is InChI=1S/C27H52N4/c1-26(2,3)23-9-13-29(14-10-23)24-11-15-30(16-12-24)25-20-28(21-25)19-22-7-17-31(18-8-22)27(4,5)6/h22-25H,7-21H2,1-6H3. The van der Waals surface area contributed by atoms with Gasteiger partial charge in [-0.15, -0.1) is 0 Å². The summed E-state index contributed by atoms with van der Waals surface area (Å²) in [4.78, 5) is 11.1. The summed E-state index contributed by atoms with van der Waals surface area (Å²) in [6, 6.07) is 1.71. The van der Waals surface area contributed by atoms with Crippen molar-refractivity contribution in [1.29, 1.82) is 0 Å².